The smallest absolute Gasteiger partial charge is 0.187 e. The number of hydrogen-bond acceptors (Lipinski definition) is 4. The first-order valence-electron chi connectivity index (χ1n) is 8.41. The Kier molecular flexibility index (Phi) is 6.99. The van der Waals surface area contributed by atoms with E-state index in [1.54, 1.807) is 0 Å². The fourth-order valence-electron chi connectivity index (χ4n) is 2.70. The standard InChI is InChI=1S/C18H27N3O2S/c1-4-22-16-7-5-14(6-8-16)12-19-17(24)21-20-13-15-9-10-23-18(2,3)11-15/h5-8,13,15H,4,9-12H2,1-3H3,(H2,19,21,24)/b20-13+. The maximum absolute atomic E-state index is 5.71. The number of thiocarbonyl (C=S) groups is 1. The predicted molar refractivity (Wildman–Crippen MR) is 101 cm³/mol. The summed E-state index contributed by atoms with van der Waals surface area (Å²) in [6.45, 7) is 8.31. The molecule has 1 saturated heterocycles. The fourth-order valence-corrected chi connectivity index (χ4v) is 2.82. The number of nitrogens with zero attached hydrogens (tertiary/aromatic N) is 1. The molecule has 0 radical (unpaired) electrons. The summed E-state index contributed by atoms with van der Waals surface area (Å²) in [5.74, 6) is 1.31. The first-order chi connectivity index (χ1) is 11.5. The summed E-state index contributed by atoms with van der Waals surface area (Å²) in [6, 6.07) is 7.96. The lowest BCUT2D eigenvalue weighted by molar-refractivity contribution is -0.0608. The maximum Gasteiger partial charge on any atom is 0.187 e. The average Bonchev–Trinajstić information content (AvgIpc) is 2.54. The van der Waals surface area contributed by atoms with Crippen molar-refractivity contribution in [2.24, 2.45) is 11.0 Å². The molecule has 0 bridgehead atoms. The maximum atomic E-state index is 5.71. The molecule has 5 nitrogen and oxygen atoms in total. The molecule has 1 aromatic carbocycles. The second-order valence-electron chi connectivity index (χ2n) is 6.51. The highest BCUT2D eigenvalue weighted by Crippen LogP contribution is 2.27. The lowest BCUT2D eigenvalue weighted by atomic mass is 9.89. The highest BCUT2D eigenvalue weighted by atomic mass is 32.1. The molecule has 1 aliphatic rings. The Balaban J connectivity index is 1.70. The summed E-state index contributed by atoms with van der Waals surface area (Å²) in [4.78, 5) is 0. The van der Waals surface area contributed by atoms with Crippen LogP contribution < -0.4 is 15.5 Å². The number of benzene rings is 1. The van der Waals surface area contributed by atoms with E-state index in [9.17, 15) is 0 Å². The molecule has 2 rings (SSSR count). The van der Waals surface area contributed by atoms with Crippen LogP contribution in [0, 0.1) is 5.92 Å². The molecule has 1 aliphatic heterocycles. The Hall–Kier alpha value is -1.66. The van der Waals surface area contributed by atoms with Gasteiger partial charge in [0.15, 0.2) is 5.11 Å². The summed E-state index contributed by atoms with van der Waals surface area (Å²) in [5, 5.41) is 7.92. The molecular formula is C18H27N3O2S. The van der Waals surface area contributed by atoms with Gasteiger partial charge in [0.25, 0.3) is 0 Å². The lowest BCUT2D eigenvalue weighted by Gasteiger charge is -2.33. The van der Waals surface area contributed by atoms with E-state index >= 15 is 0 Å². The minimum atomic E-state index is -0.0681. The van der Waals surface area contributed by atoms with Crippen molar-refractivity contribution in [2.45, 2.75) is 45.8 Å². The van der Waals surface area contributed by atoms with Crippen molar-refractivity contribution < 1.29 is 9.47 Å². The van der Waals surface area contributed by atoms with Gasteiger partial charge in [0.1, 0.15) is 5.75 Å². The minimum Gasteiger partial charge on any atom is -0.494 e. The van der Waals surface area contributed by atoms with Crippen molar-refractivity contribution >= 4 is 23.5 Å². The number of rotatable bonds is 6. The zero-order valence-corrected chi connectivity index (χ0v) is 15.5. The van der Waals surface area contributed by atoms with Crippen LogP contribution in [0.1, 0.15) is 39.2 Å². The van der Waals surface area contributed by atoms with Crippen molar-refractivity contribution in [1.82, 2.24) is 10.7 Å². The van der Waals surface area contributed by atoms with Gasteiger partial charge in [-0.2, -0.15) is 5.10 Å². The molecule has 6 heteroatoms. The molecule has 132 valence electrons. The Bertz CT molecular complexity index is 558. The van der Waals surface area contributed by atoms with Gasteiger partial charge in [-0.15, -0.1) is 0 Å². The Labute approximate surface area is 149 Å². The molecule has 0 saturated carbocycles. The van der Waals surface area contributed by atoms with Gasteiger partial charge in [-0.05, 0) is 63.5 Å². The number of nitrogens with one attached hydrogen (secondary N) is 2. The van der Waals surface area contributed by atoms with Crippen molar-refractivity contribution in [1.29, 1.82) is 0 Å². The largest absolute Gasteiger partial charge is 0.494 e. The van der Waals surface area contributed by atoms with E-state index in [-0.39, 0.29) is 5.60 Å². The molecule has 24 heavy (non-hydrogen) atoms. The van der Waals surface area contributed by atoms with Crippen LogP contribution in [0.3, 0.4) is 0 Å². The summed E-state index contributed by atoms with van der Waals surface area (Å²) in [5.41, 5.74) is 3.95. The van der Waals surface area contributed by atoms with Crippen LogP contribution in [0.5, 0.6) is 5.75 Å². The highest BCUT2D eigenvalue weighted by Gasteiger charge is 2.27. The second-order valence-corrected chi connectivity index (χ2v) is 6.92. The van der Waals surface area contributed by atoms with Crippen LogP contribution in [0.25, 0.3) is 0 Å². The first-order valence-corrected chi connectivity index (χ1v) is 8.82. The Morgan fingerprint density at radius 1 is 1.42 bits per heavy atom. The van der Waals surface area contributed by atoms with Gasteiger partial charge in [0.2, 0.25) is 0 Å². The molecule has 0 spiro atoms. The zero-order chi connectivity index (χ0) is 17.4. The Morgan fingerprint density at radius 3 is 2.83 bits per heavy atom. The molecule has 0 aliphatic carbocycles. The van der Waals surface area contributed by atoms with E-state index in [1.807, 2.05) is 37.4 Å². The van der Waals surface area contributed by atoms with E-state index in [0.717, 1.165) is 30.8 Å². The van der Waals surface area contributed by atoms with Crippen molar-refractivity contribution in [3.05, 3.63) is 29.8 Å². The van der Waals surface area contributed by atoms with Crippen molar-refractivity contribution in [3.63, 3.8) is 0 Å². The van der Waals surface area contributed by atoms with Gasteiger partial charge in [-0.25, -0.2) is 0 Å². The summed E-state index contributed by atoms with van der Waals surface area (Å²) in [7, 11) is 0. The Morgan fingerprint density at radius 2 is 2.17 bits per heavy atom. The SMILES string of the molecule is CCOc1ccc(CNC(=S)N/N=C/C2CCOC(C)(C)C2)cc1. The van der Waals surface area contributed by atoms with E-state index in [4.69, 9.17) is 21.7 Å². The summed E-state index contributed by atoms with van der Waals surface area (Å²) < 4.78 is 11.1. The fraction of sp³-hybridized carbons (Fsp3) is 0.556. The third-order valence-electron chi connectivity index (χ3n) is 3.87. The van der Waals surface area contributed by atoms with Crippen LogP contribution in [0.4, 0.5) is 0 Å². The van der Waals surface area contributed by atoms with Crippen molar-refractivity contribution in [2.75, 3.05) is 13.2 Å². The van der Waals surface area contributed by atoms with E-state index in [2.05, 4.69) is 29.7 Å². The molecule has 0 aromatic heterocycles. The van der Waals surface area contributed by atoms with Crippen LogP contribution in [0.15, 0.2) is 29.4 Å². The van der Waals surface area contributed by atoms with Crippen LogP contribution >= 0.6 is 12.2 Å². The monoisotopic (exact) mass is 349 g/mol. The first kappa shape index (κ1) is 18.7. The van der Waals surface area contributed by atoms with Gasteiger partial charge >= 0.3 is 0 Å². The topological polar surface area (TPSA) is 54.9 Å². The molecule has 1 unspecified atom stereocenters. The van der Waals surface area contributed by atoms with Crippen molar-refractivity contribution in [3.8, 4) is 5.75 Å². The van der Waals surface area contributed by atoms with Gasteiger partial charge < -0.3 is 14.8 Å². The van der Waals surface area contributed by atoms with E-state index in [1.165, 1.54) is 0 Å². The van der Waals surface area contributed by atoms with Crippen LogP contribution in [-0.4, -0.2) is 30.1 Å². The van der Waals surface area contributed by atoms with Gasteiger partial charge in [0.05, 0.1) is 12.2 Å². The number of hydrazone groups is 1. The zero-order valence-electron chi connectivity index (χ0n) is 14.7. The molecule has 1 aromatic rings. The van der Waals surface area contributed by atoms with Gasteiger partial charge in [-0.1, -0.05) is 12.1 Å². The molecular weight excluding hydrogens is 322 g/mol. The van der Waals surface area contributed by atoms with Crippen LogP contribution in [0.2, 0.25) is 0 Å². The molecule has 1 heterocycles. The lowest BCUT2D eigenvalue weighted by Crippen LogP contribution is -2.35. The van der Waals surface area contributed by atoms with Gasteiger partial charge in [0, 0.05) is 25.3 Å². The molecule has 1 fully saturated rings. The van der Waals surface area contributed by atoms with E-state index < -0.39 is 0 Å². The molecule has 2 N–H and O–H groups in total. The normalized spacial score (nSPS) is 19.9. The number of ether oxygens (including phenoxy) is 2. The third-order valence-corrected chi connectivity index (χ3v) is 4.11. The molecule has 0 amide bonds. The average molecular weight is 350 g/mol. The highest BCUT2D eigenvalue weighted by molar-refractivity contribution is 7.80. The minimum absolute atomic E-state index is 0.0681. The number of hydrogen-bond donors (Lipinski definition) is 2. The summed E-state index contributed by atoms with van der Waals surface area (Å²) in [6.07, 6.45) is 3.92. The van der Waals surface area contributed by atoms with E-state index in [0.29, 0.717) is 24.2 Å². The predicted octanol–water partition coefficient (Wildman–Crippen LogP) is 3.24. The summed E-state index contributed by atoms with van der Waals surface area (Å²) >= 11 is 5.25. The van der Waals surface area contributed by atoms with Crippen LogP contribution in [-0.2, 0) is 11.3 Å². The molecule has 1 atom stereocenters. The third kappa shape index (κ3) is 6.45. The quantitative estimate of drug-likeness (QED) is 0.469. The second kappa shape index (κ2) is 8.99. The van der Waals surface area contributed by atoms with Gasteiger partial charge in [-0.3, -0.25) is 5.43 Å².